The number of ether oxygens (including phenoxy) is 1. The molecular weight excluding hydrogens is 386 g/mol. The fraction of sp³-hybridized carbons (Fsp3) is 0.500. The van der Waals surface area contributed by atoms with Crippen LogP contribution in [0.15, 0.2) is 29.6 Å². The van der Waals surface area contributed by atoms with Crippen molar-refractivity contribution >= 4 is 23.2 Å². The molecule has 7 heteroatoms. The minimum atomic E-state index is -0.578. The van der Waals surface area contributed by atoms with Crippen molar-refractivity contribution in [2.24, 2.45) is 0 Å². The minimum absolute atomic E-state index is 0.0566. The van der Waals surface area contributed by atoms with Gasteiger partial charge in [0.2, 0.25) is 5.91 Å². The Bertz CT molecular complexity index is 823. The number of likely N-dealkylation sites (N-methyl/N-ethyl adjacent to an activating group) is 1. The molecule has 0 saturated carbocycles. The van der Waals surface area contributed by atoms with Crippen LogP contribution in [0, 0.1) is 6.92 Å². The first kappa shape index (κ1) is 23.0. The quantitative estimate of drug-likeness (QED) is 0.616. The number of nitrogens with zero attached hydrogens (tertiary/aromatic N) is 3. The van der Waals surface area contributed by atoms with Gasteiger partial charge in [0.05, 0.1) is 12.1 Å². The highest BCUT2D eigenvalue weighted by Gasteiger charge is 2.23. The largest absolute Gasteiger partial charge is 0.459 e. The predicted octanol–water partition coefficient (Wildman–Crippen LogP) is 3.39. The standard InChI is InChI=1S/C22H31N3O3S/c1-16-7-9-17(10-8-16)21-23-18(15-29-21)13-19(26)25(12-11-24(5)6)14-20(27)28-22(2,3)4/h7-10,15H,11-14H2,1-6H3. The normalized spacial score (nSPS) is 11.6. The third kappa shape index (κ3) is 7.95. The zero-order chi connectivity index (χ0) is 21.6. The van der Waals surface area contributed by atoms with Crippen LogP contribution in [-0.2, 0) is 20.7 Å². The lowest BCUT2D eigenvalue weighted by atomic mass is 10.2. The lowest BCUT2D eigenvalue weighted by Crippen LogP contribution is -2.42. The third-order valence-electron chi connectivity index (χ3n) is 4.09. The van der Waals surface area contributed by atoms with E-state index in [4.69, 9.17) is 4.74 Å². The average Bonchev–Trinajstić information content (AvgIpc) is 3.05. The van der Waals surface area contributed by atoms with Gasteiger partial charge in [-0.05, 0) is 41.8 Å². The molecule has 0 aliphatic rings. The molecule has 158 valence electrons. The molecule has 1 heterocycles. The maximum atomic E-state index is 12.9. The van der Waals surface area contributed by atoms with E-state index in [0.717, 1.165) is 16.3 Å². The number of esters is 1. The number of aryl methyl sites for hydroxylation is 1. The Morgan fingerprint density at radius 3 is 2.34 bits per heavy atom. The number of carbonyl (C=O) groups is 2. The smallest absolute Gasteiger partial charge is 0.326 e. The molecule has 0 bridgehead atoms. The van der Waals surface area contributed by atoms with Crippen LogP contribution in [0.25, 0.3) is 10.6 Å². The molecule has 0 aliphatic carbocycles. The first-order valence-electron chi connectivity index (χ1n) is 9.69. The van der Waals surface area contributed by atoms with Crippen molar-refractivity contribution in [2.45, 2.75) is 39.7 Å². The molecule has 0 saturated heterocycles. The monoisotopic (exact) mass is 417 g/mol. The summed E-state index contributed by atoms with van der Waals surface area (Å²) in [6.07, 6.45) is 0.165. The number of aromatic nitrogens is 1. The van der Waals surface area contributed by atoms with Crippen molar-refractivity contribution < 1.29 is 14.3 Å². The van der Waals surface area contributed by atoms with E-state index in [9.17, 15) is 9.59 Å². The van der Waals surface area contributed by atoms with Gasteiger partial charge in [-0.2, -0.15) is 0 Å². The van der Waals surface area contributed by atoms with Crippen LogP contribution in [0.4, 0.5) is 0 Å². The van der Waals surface area contributed by atoms with Gasteiger partial charge in [0, 0.05) is 24.0 Å². The maximum absolute atomic E-state index is 12.9. The van der Waals surface area contributed by atoms with Gasteiger partial charge in [0.1, 0.15) is 17.2 Å². The van der Waals surface area contributed by atoms with Crippen molar-refractivity contribution in [3.05, 3.63) is 40.9 Å². The molecule has 6 nitrogen and oxygen atoms in total. The summed E-state index contributed by atoms with van der Waals surface area (Å²) < 4.78 is 5.39. The summed E-state index contributed by atoms with van der Waals surface area (Å²) in [6.45, 7) is 8.57. The van der Waals surface area contributed by atoms with Crippen molar-refractivity contribution in [2.75, 3.05) is 33.7 Å². The Morgan fingerprint density at radius 2 is 1.76 bits per heavy atom. The van der Waals surface area contributed by atoms with Gasteiger partial charge >= 0.3 is 5.97 Å². The van der Waals surface area contributed by atoms with E-state index >= 15 is 0 Å². The Balaban J connectivity index is 2.06. The summed E-state index contributed by atoms with van der Waals surface area (Å²) in [4.78, 5) is 33.3. The molecule has 1 amide bonds. The van der Waals surface area contributed by atoms with Gasteiger partial charge in [0.15, 0.2) is 0 Å². The lowest BCUT2D eigenvalue weighted by molar-refractivity contribution is -0.158. The Labute approximate surface area is 177 Å². The number of benzene rings is 1. The second kappa shape index (κ2) is 9.98. The molecule has 1 aromatic carbocycles. The second-order valence-electron chi connectivity index (χ2n) is 8.39. The van der Waals surface area contributed by atoms with Crippen LogP contribution in [0.5, 0.6) is 0 Å². The third-order valence-corrected chi connectivity index (χ3v) is 5.03. The predicted molar refractivity (Wildman–Crippen MR) is 117 cm³/mol. The highest BCUT2D eigenvalue weighted by atomic mass is 32.1. The molecule has 2 aromatic rings. The Morgan fingerprint density at radius 1 is 1.10 bits per heavy atom. The van der Waals surface area contributed by atoms with E-state index in [1.807, 2.05) is 76.3 Å². The van der Waals surface area contributed by atoms with E-state index < -0.39 is 11.6 Å². The summed E-state index contributed by atoms with van der Waals surface area (Å²) in [5.41, 5.74) is 2.37. The summed E-state index contributed by atoms with van der Waals surface area (Å²) in [6, 6.07) is 8.16. The number of rotatable bonds is 8. The van der Waals surface area contributed by atoms with Gasteiger partial charge in [-0.15, -0.1) is 11.3 Å². The highest BCUT2D eigenvalue weighted by Crippen LogP contribution is 2.24. The summed E-state index contributed by atoms with van der Waals surface area (Å²) in [5.74, 6) is -0.526. The van der Waals surface area contributed by atoms with E-state index in [-0.39, 0.29) is 18.9 Å². The Kier molecular flexibility index (Phi) is 7.93. The molecule has 0 spiro atoms. The second-order valence-corrected chi connectivity index (χ2v) is 9.25. The molecule has 0 N–H and O–H groups in total. The van der Waals surface area contributed by atoms with Crippen LogP contribution in [0.2, 0.25) is 0 Å². The fourth-order valence-electron chi connectivity index (χ4n) is 2.63. The van der Waals surface area contributed by atoms with Crippen molar-refractivity contribution in [3.63, 3.8) is 0 Å². The molecule has 0 atom stereocenters. The van der Waals surface area contributed by atoms with Crippen LogP contribution < -0.4 is 0 Å². The zero-order valence-corrected chi connectivity index (χ0v) is 19.0. The van der Waals surface area contributed by atoms with Gasteiger partial charge in [-0.1, -0.05) is 29.8 Å². The number of hydrogen-bond acceptors (Lipinski definition) is 6. The number of thiazole rings is 1. The van der Waals surface area contributed by atoms with E-state index in [0.29, 0.717) is 13.1 Å². The van der Waals surface area contributed by atoms with Crippen molar-refractivity contribution in [3.8, 4) is 10.6 Å². The van der Waals surface area contributed by atoms with Crippen molar-refractivity contribution in [1.29, 1.82) is 0 Å². The van der Waals surface area contributed by atoms with E-state index in [2.05, 4.69) is 4.98 Å². The topological polar surface area (TPSA) is 62.7 Å². The van der Waals surface area contributed by atoms with Gasteiger partial charge in [0.25, 0.3) is 0 Å². The molecule has 29 heavy (non-hydrogen) atoms. The molecule has 0 unspecified atom stereocenters. The van der Waals surface area contributed by atoms with Gasteiger partial charge < -0.3 is 14.5 Å². The van der Waals surface area contributed by atoms with Crippen LogP contribution in [0.3, 0.4) is 0 Å². The molecule has 2 rings (SSSR count). The number of amides is 1. The molecule has 1 aromatic heterocycles. The lowest BCUT2D eigenvalue weighted by Gasteiger charge is -2.26. The zero-order valence-electron chi connectivity index (χ0n) is 18.2. The molecule has 0 radical (unpaired) electrons. The summed E-state index contributed by atoms with van der Waals surface area (Å²) in [7, 11) is 3.87. The average molecular weight is 418 g/mol. The Hall–Kier alpha value is -2.25. The van der Waals surface area contributed by atoms with Gasteiger partial charge in [-0.25, -0.2) is 4.98 Å². The maximum Gasteiger partial charge on any atom is 0.326 e. The van der Waals surface area contributed by atoms with Crippen LogP contribution in [-0.4, -0.2) is 66.0 Å². The molecule has 0 aliphatic heterocycles. The molecule has 0 fully saturated rings. The minimum Gasteiger partial charge on any atom is -0.459 e. The highest BCUT2D eigenvalue weighted by molar-refractivity contribution is 7.13. The SMILES string of the molecule is Cc1ccc(-c2nc(CC(=O)N(CCN(C)C)CC(=O)OC(C)(C)C)cs2)cc1. The van der Waals surface area contributed by atoms with Crippen LogP contribution in [0.1, 0.15) is 32.0 Å². The summed E-state index contributed by atoms with van der Waals surface area (Å²) in [5, 5.41) is 2.80. The first-order chi connectivity index (χ1) is 13.5. The van der Waals surface area contributed by atoms with E-state index in [1.54, 1.807) is 4.90 Å². The van der Waals surface area contributed by atoms with Crippen LogP contribution >= 0.6 is 11.3 Å². The van der Waals surface area contributed by atoms with Gasteiger partial charge in [-0.3, -0.25) is 9.59 Å². The summed E-state index contributed by atoms with van der Waals surface area (Å²) >= 11 is 1.52. The fourth-order valence-corrected chi connectivity index (χ4v) is 3.45. The molecular formula is C22H31N3O3S. The number of hydrogen-bond donors (Lipinski definition) is 0. The first-order valence-corrected chi connectivity index (χ1v) is 10.6. The van der Waals surface area contributed by atoms with E-state index in [1.165, 1.54) is 16.9 Å². The van der Waals surface area contributed by atoms with Crippen molar-refractivity contribution in [1.82, 2.24) is 14.8 Å². The number of carbonyl (C=O) groups excluding carboxylic acids is 2.